The maximum Gasteiger partial charge on any atom is 0.330 e. The minimum atomic E-state index is -1.44. The molecular formula is C15H16N2O4. The molecule has 2 atom stereocenters. The third kappa shape index (κ3) is 1.86. The molecule has 2 unspecified atom stereocenters. The summed E-state index contributed by atoms with van der Waals surface area (Å²) >= 11 is 0. The molecule has 0 aromatic carbocycles. The Morgan fingerprint density at radius 3 is 2.81 bits per heavy atom. The molecule has 2 aliphatic rings. The minimum absolute atomic E-state index is 0.0568. The highest BCUT2D eigenvalue weighted by atomic mass is 16.4. The number of amides is 2. The Bertz CT molecular complexity index is 607. The van der Waals surface area contributed by atoms with E-state index in [-0.39, 0.29) is 17.2 Å². The van der Waals surface area contributed by atoms with Crippen molar-refractivity contribution in [1.29, 1.82) is 0 Å². The van der Waals surface area contributed by atoms with Crippen LogP contribution in [-0.2, 0) is 4.79 Å². The van der Waals surface area contributed by atoms with Crippen LogP contribution in [0.2, 0.25) is 0 Å². The Balaban J connectivity index is 2.09. The lowest BCUT2D eigenvalue weighted by molar-refractivity contribution is -0.151. The van der Waals surface area contributed by atoms with E-state index in [0.717, 1.165) is 11.3 Å². The van der Waals surface area contributed by atoms with E-state index in [1.54, 1.807) is 6.07 Å². The van der Waals surface area contributed by atoms with E-state index in [1.165, 1.54) is 12.3 Å². The highest BCUT2D eigenvalue weighted by molar-refractivity contribution is 6.22. The second-order valence-corrected chi connectivity index (χ2v) is 5.88. The molecule has 1 fully saturated rings. The molecule has 0 radical (unpaired) electrons. The first-order chi connectivity index (χ1) is 9.97. The molecule has 110 valence electrons. The fourth-order valence-corrected chi connectivity index (χ4v) is 3.47. The number of rotatable bonds is 2. The smallest absolute Gasteiger partial charge is 0.330 e. The zero-order valence-electron chi connectivity index (χ0n) is 11.7. The second kappa shape index (κ2) is 4.65. The van der Waals surface area contributed by atoms with Crippen LogP contribution in [0.5, 0.6) is 0 Å². The SMILES string of the molecule is CC1CCCC(C(=O)O)(N2C(=O)c3cccnc3C2=O)C1. The predicted molar refractivity (Wildman–Crippen MR) is 72.7 cm³/mol. The molecule has 0 saturated heterocycles. The van der Waals surface area contributed by atoms with Crippen LogP contribution in [-0.4, -0.2) is 38.3 Å². The average molecular weight is 288 g/mol. The summed E-state index contributed by atoms with van der Waals surface area (Å²) in [5, 5.41) is 9.71. The fourth-order valence-electron chi connectivity index (χ4n) is 3.47. The number of aromatic nitrogens is 1. The van der Waals surface area contributed by atoms with Crippen LogP contribution in [0.3, 0.4) is 0 Å². The lowest BCUT2D eigenvalue weighted by Crippen LogP contribution is -2.59. The maximum atomic E-state index is 12.5. The summed E-state index contributed by atoms with van der Waals surface area (Å²) in [6.45, 7) is 1.95. The number of carbonyl (C=O) groups excluding carboxylic acids is 2. The topological polar surface area (TPSA) is 87.6 Å². The molecule has 1 aromatic heterocycles. The number of hydrogen-bond donors (Lipinski definition) is 1. The van der Waals surface area contributed by atoms with Crippen molar-refractivity contribution in [3.05, 3.63) is 29.6 Å². The first-order valence-electron chi connectivity index (χ1n) is 7.04. The van der Waals surface area contributed by atoms with Gasteiger partial charge in [0.1, 0.15) is 11.2 Å². The van der Waals surface area contributed by atoms with Crippen LogP contribution >= 0.6 is 0 Å². The summed E-state index contributed by atoms with van der Waals surface area (Å²) in [7, 11) is 0. The van der Waals surface area contributed by atoms with E-state index >= 15 is 0 Å². The van der Waals surface area contributed by atoms with Gasteiger partial charge >= 0.3 is 5.97 Å². The summed E-state index contributed by atoms with van der Waals surface area (Å²) in [4.78, 5) is 41.8. The van der Waals surface area contributed by atoms with Crippen molar-refractivity contribution in [2.45, 2.75) is 38.1 Å². The third-order valence-corrected chi connectivity index (χ3v) is 4.45. The maximum absolute atomic E-state index is 12.5. The zero-order chi connectivity index (χ0) is 15.2. The van der Waals surface area contributed by atoms with Gasteiger partial charge in [-0.25, -0.2) is 4.79 Å². The van der Waals surface area contributed by atoms with Gasteiger partial charge < -0.3 is 5.11 Å². The number of nitrogens with zero attached hydrogens (tertiary/aromatic N) is 2. The van der Waals surface area contributed by atoms with Gasteiger partial charge in [0.25, 0.3) is 11.8 Å². The molecule has 0 bridgehead atoms. The monoisotopic (exact) mass is 288 g/mol. The molecular weight excluding hydrogens is 272 g/mol. The van der Waals surface area contributed by atoms with Crippen molar-refractivity contribution in [1.82, 2.24) is 9.88 Å². The van der Waals surface area contributed by atoms with Gasteiger partial charge in [0.15, 0.2) is 0 Å². The van der Waals surface area contributed by atoms with Crippen LogP contribution in [0.1, 0.15) is 53.5 Å². The first kappa shape index (κ1) is 13.7. The average Bonchev–Trinajstić information content (AvgIpc) is 2.71. The van der Waals surface area contributed by atoms with Crippen LogP contribution in [0, 0.1) is 5.92 Å². The van der Waals surface area contributed by atoms with Gasteiger partial charge in [0.05, 0.1) is 5.56 Å². The number of pyridine rings is 1. The van der Waals surface area contributed by atoms with Crippen molar-refractivity contribution in [2.24, 2.45) is 5.92 Å². The number of aliphatic carboxylic acids is 1. The number of imide groups is 1. The van der Waals surface area contributed by atoms with E-state index < -0.39 is 23.3 Å². The normalized spacial score (nSPS) is 28.6. The second-order valence-electron chi connectivity index (χ2n) is 5.88. The summed E-state index contributed by atoms with van der Waals surface area (Å²) in [5.74, 6) is -2.08. The van der Waals surface area contributed by atoms with Gasteiger partial charge in [-0.2, -0.15) is 0 Å². The van der Waals surface area contributed by atoms with Crippen LogP contribution in [0.25, 0.3) is 0 Å². The number of carboxylic acids is 1. The van der Waals surface area contributed by atoms with Gasteiger partial charge in [-0.05, 0) is 30.9 Å². The summed E-state index contributed by atoms with van der Waals surface area (Å²) in [6.07, 6.45) is 3.64. The standard InChI is InChI=1S/C15H16N2O4/c1-9-4-2-6-15(8-9,14(20)21)17-12(18)10-5-3-7-16-11(10)13(17)19/h3,5,7,9H,2,4,6,8H2,1H3,(H,20,21). The Labute approximate surface area is 121 Å². The summed E-state index contributed by atoms with van der Waals surface area (Å²) in [6, 6.07) is 3.09. The van der Waals surface area contributed by atoms with Gasteiger partial charge in [0.2, 0.25) is 0 Å². The summed E-state index contributed by atoms with van der Waals surface area (Å²) in [5.41, 5.74) is -1.19. The Kier molecular flexibility index (Phi) is 3.04. The van der Waals surface area contributed by atoms with Crippen molar-refractivity contribution in [2.75, 3.05) is 0 Å². The van der Waals surface area contributed by atoms with E-state index in [1.807, 2.05) is 6.92 Å². The molecule has 1 aliphatic carbocycles. The van der Waals surface area contributed by atoms with Gasteiger partial charge in [-0.15, -0.1) is 0 Å². The van der Waals surface area contributed by atoms with E-state index in [2.05, 4.69) is 4.98 Å². The number of fused-ring (bicyclic) bond motifs is 1. The Morgan fingerprint density at radius 1 is 1.43 bits per heavy atom. The Morgan fingerprint density at radius 2 is 2.19 bits per heavy atom. The van der Waals surface area contributed by atoms with Crippen LogP contribution in [0.4, 0.5) is 0 Å². The summed E-state index contributed by atoms with van der Waals surface area (Å²) < 4.78 is 0. The fraction of sp³-hybridized carbons (Fsp3) is 0.467. The minimum Gasteiger partial charge on any atom is -0.479 e. The molecule has 1 aromatic rings. The Hall–Kier alpha value is -2.24. The zero-order valence-corrected chi connectivity index (χ0v) is 11.7. The quantitative estimate of drug-likeness (QED) is 0.837. The number of carbonyl (C=O) groups is 3. The lowest BCUT2D eigenvalue weighted by Gasteiger charge is -2.41. The third-order valence-electron chi connectivity index (χ3n) is 4.45. The van der Waals surface area contributed by atoms with Gasteiger partial charge in [-0.3, -0.25) is 19.5 Å². The molecule has 1 aliphatic heterocycles. The molecule has 0 spiro atoms. The van der Waals surface area contributed by atoms with E-state index in [0.29, 0.717) is 19.3 Å². The number of hydrogen-bond acceptors (Lipinski definition) is 4. The lowest BCUT2D eigenvalue weighted by atomic mass is 9.75. The highest BCUT2D eigenvalue weighted by Crippen LogP contribution is 2.40. The van der Waals surface area contributed by atoms with Crippen molar-refractivity contribution in [3.63, 3.8) is 0 Å². The molecule has 6 nitrogen and oxygen atoms in total. The molecule has 2 amide bonds. The number of carboxylic acid groups (broad SMARTS) is 1. The first-order valence-corrected chi connectivity index (χ1v) is 7.04. The van der Waals surface area contributed by atoms with Gasteiger partial charge in [0, 0.05) is 6.20 Å². The van der Waals surface area contributed by atoms with E-state index in [4.69, 9.17) is 0 Å². The molecule has 1 N–H and O–H groups in total. The van der Waals surface area contributed by atoms with Gasteiger partial charge in [-0.1, -0.05) is 19.8 Å². The predicted octanol–water partition coefficient (Wildman–Crippen LogP) is 1.71. The van der Waals surface area contributed by atoms with E-state index in [9.17, 15) is 19.5 Å². The largest absolute Gasteiger partial charge is 0.479 e. The molecule has 3 rings (SSSR count). The van der Waals surface area contributed by atoms with Crippen molar-refractivity contribution >= 4 is 17.8 Å². The highest BCUT2D eigenvalue weighted by Gasteiger charge is 2.55. The van der Waals surface area contributed by atoms with Crippen molar-refractivity contribution in [3.8, 4) is 0 Å². The molecule has 1 saturated carbocycles. The molecule has 6 heteroatoms. The molecule has 2 heterocycles. The van der Waals surface area contributed by atoms with Crippen molar-refractivity contribution < 1.29 is 19.5 Å². The molecule has 21 heavy (non-hydrogen) atoms. The van der Waals surface area contributed by atoms with Crippen LogP contribution < -0.4 is 0 Å². The van der Waals surface area contributed by atoms with Crippen LogP contribution in [0.15, 0.2) is 18.3 Å².